The molecule has 2 aliphatic heterocycles. The largest absolute Gasteiger partial charge is 0.327 e. The van der Waals surface area contributed by atoms with Gasteiger partial charge in [0.05, 0.1) is 12.6 Å². The Bertz CT molecular complexity index is 654. The molecule has 2 fully saturated rings. The summed E-state index contributed by atoms with van der Waals surface area (Å²) in [5, 5.41) is 6.11. The summed E-state index contributed by atoms with van der Waals surface area (Å²) in [5.41, 5.74) is 1.21. The number of carbonyl (C=O) groups is 1. The third-order valence-electron chi connectivity index (χ3n) is 4.68. The molecule has 1 atom stereocenters. The molecular weight excluding hydrogens is 308 g/mol. The summed E-state index contributed by atoms with van der Waals surface area (Å²) < 4.78 is 0. The van der Waals surface area contributed by atoms with Crippen LogP contribution in [0.25, 0.3) is 0 Å². The van der Waals surface area contributed by atoms with Gasteiger partial charge in [0.15, 0.2) is 5.13 Å². The molecule has 3 heterocycles. The van der Waals surface area contributed by atoms with Crippen molar-refractivity contribution in [2.75, 3.05) is 24.5 Å². The summed E-state index contributed by atoms with van der Waals surface area (Å²) in [4.78, 5) is 21.4. The number of rotatable bonds is 3. The third kappa shape index (κ3) is 2.72. The fraction of sp³-hybridized carbons (Fsp3) is 0.412. The number of nitrogens with zero attached hydrogens (tertiary/aromatic N) is 3. The van der Waals surface area contributed by atoms with Crippen LogP contribution in [0.2, 0.25) is 0 Å². The second-order valence-electron chi connectivity index (χ2n) is 6.02. The van der Waals surface area contributed by atoms with Gasteiger partial charge in [0.1, 0.15) is 0 Å². The van der Waals surface area contributed by atoms with Crippen LogP contribution in [-0.2, 0) is 0 Å². The van der Waals surface area contributed by atoms with Gasteiger partial charge >= 0.3 is 6.03 Å². The fourth-order valence-electron chi connectivity index (χ4n) is 3.56. The lowest BCUT2D eigenvalue weighted by Crippen LogP contribution is -2.46. The number of aromatic nitrogens is 1. The van der Waals surface area contributed by atoms with Crippen molar-refractivity contribution in [3.8, 4) is 0 Å². The maximum atomic E-state index is 13.1. The van der Waals surface area contributed by atoms with Gasteiger partial charge in [0.25, 0.3) is 0 Å². The van der Waals surface area contributed by atoms with Gasteiger partial charge in [-0.15, -0.1) is 11.3 Å². The molecular formula is C17H20N4OS. The molecule has 0 bridgehead atoms. The molecule has 6 heteroatoms. The zero-order valence-corrected chi connectivity index (χ0v) is 13.7. The highest BCUT2D eigenvalue weighted by Gasteiger charge is 2.43. The van der Waals surface area contributed by atoms with E-state index in [1.165, 1.54) is 16.9 Å². The lowest BCUT2D eigenvalue weighted by molar-refractivity contribution is 0.158. The van der Waals surface area contributed by atoms with Crippen molar-refractivity contribution in [2.45, 2.75) is 24.9 Å². The molecule has 2 aromatic rings. The monoisotopic (exact) mass is 328 g/mol. The lowest BCUT2D eigenvalue weighted by atomic mass is 10.00. The molecule has 0 radical (unpaired) electrons. The van der Waals surface area contributed by atoms with Crippen LogP contribution in [0.4, 0.5) is 9.93 Å². The molecule has 4 rings (SSSR count). The first-order valence-electron chi connectivity index (χ1n) is 8.09. The Kier molecular flexibility index (Phi) is 4.01. The van der Waals surface area contributed by atoms with E-state index in [0.29, 0.717) is 12.6 Å². The molecule has 2 aliphatic rings. The molecule has 2 saturated heterocycles. The summed E-state index contributed by atoms with van der Waals surface area (Å²) in [7, 11) is 0. The molecule has 0 saturated carbocycles. The normalized spacial score (nSPS) is 22.8. The van der Waals surface area contributed by atoms with E-state index < -0.39 is 0 Å². The quantitative estimate of drug-likeness (QED) is 0.942. The van der Waals surface area contributed by atoms with Crippen LogP contribution in [0.5, 0.6) is 0 Å². The van der Waals surface area contributed by atoms with Gasteiger partial charge in [-0.25, -0.2) is 9.78 Å². The van der Waals surface area contributed by atoms with Crippen molar-refractivity contribution in [1.82, 2.24) is 15.2 Å². The van der Waals surface area contributed by atoms with Crippen molar-refractivity contribution < 1.29 is 4.79 Å². The number of hydrogen-bond donors (Lipinski definition) is 1. The van der Waals surface area contributed by atoms with E-state index in [2.05, 4.69) is 27.3 Å². The average Bonchev–Trinajstić information content (AvgIpc) is 3.24. The summed E-state index contributed by atoms with van der Waals surface area (Å²) >= 11 is 1.52. The van der Waals surface area contributed by atoms with E-state index >= 15 is 0 Å². The molecule has 1 N–H and O–H groups in total. The molecule has 5 nitrogen and oxygen atoms in total. The van der Waals surface area contributed by atoms with Gasteiger partial charge in [-0.05, 0) is 31.5 Å². The second-order valence-corrected chi connectivity index (χ2v) is 6.90. The number of urea groups is 1. The van der Waals surface area contributed by atoms with Gasteiger partial charge in [0.2, 0.25) is 0 Å². The van der Waals surface area contributed by atoms with Gasteiger partial charge < -0.3 is 10.2 Å². The minimum atomic E-state index is 0.0979. The first kappa shape index (κ1) is 14.7. The number of hydrogen-bond acceptors (Lipinski definition) is 4. The minimum absolute atomic E-state index is 0.0979. The molecule has 23 heavy (non-hydrogen) atoms. The number of amides is 2. The minimum Gasteiger partial charge on any atom is -0.317 e. The molecule has 1 unspecified atom stereocenters. The van der Waals surface area contributed by atoms with Crippen LogP contribution < -0.4 is 10.2 Å². The summed E-state index contributed by atoms with van der Waals surface area (Å²) in [6.07, 6.45) is 3.79. The number of benzene rings is 1. The van der Waals surface area contributed by atoms with Gasteiger partial charge in [0, 0.05) is 17.6 Å². The van der Waals surface area contributed by atoms with E-state index in [-0.39, 0.29) is 12.1 Å². The van der Waals surface area contributed by atoms with Gasteiger partial charge in [-0.3, -0.25) is 4.90 Å². The Morgan fingerprint density at radius 3 is 2.65 bits per heavy atom. The first-order valence-corrected chi connectivity index (χ1v) is 8.97. The van der Waals surface area contributed by atoms with Crippen molar-refractivity contribution in [3.05, 3.63) is 47.5 Å². The zero-order valence-electron chi connectivity index (χ0n) is 12.9. The van der Waals surface area contributed by atoms with Gasteiger partial charge in [-0.2, -0.15) is 0 Å². The summed E-state index contributed by atoms with van der Waals surface area (Å²) in [6.45, 7) is 2.64. The third-order valence-corrected chi connectivity index (χ3v) is 5.47. The van der Waals surface area contributed by atoms with Crippen LogP contribution in [-0.4, -0.2) is 41.6 Å². The first-order chi connectivity index (χ1) is 11.3. The molecule has 0 spiro atoms. The lowest BCUT2D eigenvalue weighted by Gasteiger charge is -2.35. The number of nitrogens with one attached hydrogen (secondary N) is 1. The van der Waals surface area contributed by atoms with Crippen molar-refractivity contribution in [3.63, 3.8) is 0 Å². The SMILES string of the molecule is O=C1N(c2nccs2)CC(c2ccccc2)N1C1CCNCC1. The Hall–Kier alpha value is -1.92. The van der Waals surface area contributed by atoms with E-state index in [9.17, 15) is 4.79 Å². The standard InChI is InChI=1S/C17H20N4OS/c22-17-20(16-19-10-11-23-16)12-15(13-4-2-1-3-5-13)21(17)14-6-8-18-9-7-14/h1-5,10-11,14-15,18H,6-9,12H2. The Morgan fingerprint density at radius 1 is 1.17 bits per heavy atom. The molecule has 2 amide bonds. The van der Waals surface area contributed by atoms with Crippen LogP contribution in [0.1, 0.15) is 24.4 Å². The zero-order chi connectivity index (χ0) is 15.6. The van der Waals surface area contributed by atoms with E-state index in [4.69, 9.17) is 0 Å². The van der Waals surface area contributed by atoms with E-state index in [1.54, 1.807) is 6.20 Å². The number of anilines is 1. The fourth-order valence-corrected chi connectivity index (χ4v) is 4.20. The van der Waals surface area contributed by atoms with E-state index in [0.717, 1.165) is 31.1 Å². The van der Waals surface area contributed by atoms with E-state index in [1.807, 2.05) is 28.5 Å². The number of thiazole rings is 1. The highest BCUT2D eigenvalue weighted by atomic mass is 32.1. The maximum Gasteiger partial charge on any atom is 0.327 e. The van der Waals surface area contributed by atoms with Crippen LogP contribution in [0.3, 0.4) is 0 Å². The Labute approximate surface area is 139 Å². The van der Waals surface area contributed by atoms with Crippen molar-refractivity contribution in [2.24, 2.45) is 0 Å². The van der Waals surface area contributed by atoms with Crippen molar-refractivity contribution >= 4 is 22.5 Å². The molecule has 1 aromatic heterocycles. The Morgan fingerprint density at radius 2 is 1.96 bits per heavy atom. The second kappa shape index (κ2) is 6.29. The molecule has 0 aliphatic carbocycles. The van der Waals surface area contributed by atoms with Crippen molar-refractivity contribution in [1.29, 1.82) is 0 Å². The smallest absolute Gasteiger partial charge is 0.317 e. The highest BCUT2D eigenvalue weighted by Crippen LogP contribution is 2.36. The average molecular weight is 328 g/mol. The molecule has 1 aromatic carbocycles. The summed E-state index contributed by atoms with van der Waals surface area (Å²) in [6, 6.07) is 10.9. The predicted octanol–water partition coefficient (Wildman–Crippen LogP) is 2.88. The Balaban J connectivity index is 1.68. The highest BCUT2D eigenvalue weighted by molar-refractivity contribution is 7.13. The van der Waals surface area contributed by atoms with Crippen LogP contribution in [0.15, 0.2) is 41.9 Å². The summed E-state index contributed by atoms with van der Waals surface area (Å²) in [5.74, 6) is 0. The molecule has 120 valence electrons. The maximum absolute atomic E-state index is 13.1. The van der Waals surface area contributed by atoms with Crippen LogP contribution >= 0.6 is 11.3 Å². The number of piperidine rings is 1. The van der Waals surface area contributed by atoms with Gasteiger partial charge in [-0.1, -0.05) is 30.3 Å². The van der Waals surface area contributed by atoms with Crippen LogP contribution in [0, 0.1) is 0 Å². The predicted molar refractivity (Wildman–Crippen MR) is 91.8 cm³/mol. The topological polar surface area (TPSA) is 48.5 Å². The number of carbonyl (C=O) groups excluding carboxylic acids is 1.